The van der Waals surface area contributed by atoms with Crippen molar-refractivity contribution in [3.8, 4) is 5.75 Å². The lowest BCUT2D eigenvalue weighted by atomic mass is 10.1. The highest BCUT2D eigenvalue weighted by Crippen LogP contribution is 2.13. The molecule has 0 radical (unpaired) electrons. The van der Waals surface area contributed by atoms with Crippen LogP contribution < -0.4 is 10.1 Å². The first-order valence-electron chi connectivity index (χ1n) is 7.43. The number of carboxylic acid groups (broad SMARTS) is 1. The lowest BCUT2D eigenvalue weighted by Gasteiger charge is -2.07. The van der Waals surface area contributed by atoms with Crippen LogP contribution in [0.25, 0.3) is 6.08 Å². The van der Waals surface area contributed by atoms with Crippen LogP contribution >= 0.6 is 12.2 Å². The molecule has 0 unspecified atom stereocenters. The van der Waals surface area contributed by atoms with Crippen molar-refractivity contribution >= 4 is 29.3 Å². The van der Waals surface area contributed by atoms with Gasteiger partial charge in [-0.2, -0.15) is 0 Å². The molecule has 5 nitrogen and oxygen atoms in total. The van der Waals surface area contributed by atoms with E-state index in [1.165, 1.54) is 0 Å². The molecule has 2 rings (SSSR count). The van der Waals surface area contributed by atoms with Crippen LogP contribution in [-0.2, 0) is 11.2 Å². The number of rotatable bonds is 8. The zero-order valence-corrected chi connectivity index (χ0v) is 13.8. The Labute approximate surface area is 146 Å². The average molecular weight is 342 g/mol. The lowest BCUT2D eigenvalue weighted by Crippen LogP contribution is -2.21. The van der Waals surface area contributed by atoms with Gasteiger partial charge in [-0.25, -0.2) is 4.79 Å². The molecule has 0 amide bonds. The Bertz CT molecular complexity index is 717. The van der Waals surface area contributed by atoms with Gasteiger partial charge in [-0.15, -0.1) is 0 Å². The number of ether oxygens (including phenoxy) is 1. The summed E-state index contributed by atoms with van der Waals surface area (Å²) in [4.78, 5) is 15.2. The van der Waals surface area contributed by atoms with Crippen molar-refractivity contribution in [1.29, 1.82) is 0 Å². The van der Waals surface area contributed by atoms with Gasteiger partial charge in [0.15, 0.2) is 6.61 Å². The summed E-state index contributed by atoms with van der Waals surface area (Å²) in [5, 5.41) is 11.8. The summed E-state index contributed by atoms with van der Waals surface area (Å²) < 4.78 is 5.16. The maximum absolute atomic E-state index is 10.5. The van der Waals surface area contributed by atoms with E-state index >= 15 is 0 Å². The molecule has 0 bridgehead atoms. The number of carbonyl (C=O) groups is 1. The van der Waals surface area contributed by atoms with Crippen LogP contribution in [0.1, 0.15) is 11.1 Å². The number of nitrogens with zero attached hydrogens (tertiary/aromatic N) is 1. The van der Waals surface area contributed by atoms with Gasteiger partial charge < -0.3 is 15.2 Å². The Morgan fingerprint density at radius 1 is 1.33 bits per heavy atom. The Balaban J connectivity index is 1.77. The predicted octanol–water partition coefficient (Wildman–Crippen LogP) is 2.72. The molecule has 6 heteroatoms. The fourth-order valence-electron chi connectivity index (χ4n) is 1.97. The van der Waals surface area contributed by atoms with E-state index in [2.05, 4.69) is 10.3 Å². The second-order valence-electron chi connectivity index (χ2n) is 4.99. The summed E-state index contributed by atoms with van der Waals surface area (Å²) in [6, 6.07) is 11.2. The normalized spacial score (nSPS) is 10.5. The van der Waals surface area contributed by atoms with Gasteiger partial charge in [0.25, 0.3) is 0 Å². The average Bonchev–Trinajstić information content (AvgIpc) is 2.59. The molecule has 2 aromatic rings. The smallest absolute Gasteiger partial charge is 0.341 e. The number of thiocarbonyl (C=S) groups is 1. The SMILES string of the molecule is O=C(O)COc1cccc(CCNC(=S)C=Cc2cccnc2)c1. The van der Waals surface area contributed by atoms with E-state index in [0.717, 1.165) is 17.5 Å². The topological polar surface area (TPSA) is 71.5 Å². The van der Waals surface area contributed by atoms with Crippen molar-refractivity contribution in [3.63, 3.8) is 0 Å². The highest BCUT2D eigenvalue weighted by Gasteiger charge is 2.01. The Morgan fingerprint density at radius 3 is 2.96 bits per heavy atom. The Morgan fingerprint density at radius 2 is 2.21 bits per heavy atom. The standard InChI is InChI=1S/C18H18N2O3S/c21-18(22)13-23-16-5-1-3-14(11-16)8-10-20-17(24)7-6-15-4-2-9-19-12-15/h1-7,9,11-12H,8,10,13H2,(H,20,24)(H,21,22). The van der Waals surface area contributed by atoms with Gasteiger partial charge in [0.2, 0.25) is 0 Å². The number of hydrogen-bond donors (Lipinski definition) is 2. The van der Waals surface area contributed by atoms with Gasteiger partial charge in [0, 0.05) is 18.9 Å². The van der Waals surface area contributed by atoms with Gasteiger partial charge in [-0.05, 0) is 41.8 Å². The van der Waals surface area contributed by atoms with Crippen LogP contribution in [0.2, 0.25) is 0 Å². The van der Waals surface area contributed by atoms with E-state index in [4.69, 9.17) is 22.1 Å². The van der Waals surface area contributed by atoms with Gasteiger partial charge in [-0.1, -0.05) is 36.5 Å². The molecule has 1 aromatic heterocycles. The second-order valence-corrected chi connectivity index (χ2v) is 5.43. The third kappa shape index (κ3) is 6.58. The summed E-state index contributed by atoms with van der Waals surface area (Å²) in [6.07, 6.45) is 7.98. The molecule has 0 atom stereocenters. The van der Waals surface area contributed by atoms with Crippen LogP contribution in [-0.4, -0.2) is 34.2 Å². The number of nitrogens with one attached hydrogen (secondary N) is 1. The highest BCUT2D eigenvalue weighted by molar-refractivity contribution is 7.80. The second kappa shape index (κ2) is 9.42. The molecule has 24 heavy (non-hydrogen) atoms. The molecule has 0 fully saturated rings. The number of aromatic nitrogens is 1. The van der Waals surface area contributed by atoms with Crippen LogP contribution in [0.4, 0.5) is 0 Å². The number of aliphatic carboxylic acids is 1. The van der Waals surface area contributed by atoms with Crippen LogP contribution in [0.15, 0.2) is 54.9 Å². The molecule has 124 valence electrons. The van der Waals surface area contributed by atoms with Crippen LogP contribution in [0.3, 0.4) is 0 Å². The van der Waals surface area contributed by atoms with Crippen molar-refractivity contribution in [1.82, 2.24) is 10.3 Å². The number of hydrogen-bond acceptors (Lipinski definition) is 4. The minimum Gasteiger partial charge on any atom is -0.482 e. The summed E-state index contributed by atoms with van der Waals surface area (Å²) >= 11 is 5.26. The van der Waals surface area contributed by atoms with E-state index in [-0.39, 0.29) is 6.61 Å². The highest BCUT2D eigenvalue weighted by atomic mass is 32.1. The van der Waals surface area contributed by atoms with Crippen molar-refractivity contribution < 1.29 is 14.6 Å². The van der Waals surface area contributed by atoms with E-state index in [9.17, 15) is 4.79 Å². The Hall–Kier alpha value is -2.73. The van der Waals surface area contributed by atoms with E-state index in [0.29, 0.717) is 17.3 Å². The summed E-state index contributed by atoms with van der Waals surface area (Å²) in [7, 11) is 0. The van der Waals surface area contributed by atoms with Crippen molar-refractivity contribution in [2.45, 2.75) is 6.42 Å². The molecule has 1 heterocycles. The summed E-state index contributed by atoms with van der Waals surface area (Å²) in [5.41, 5.74) is 2.04. The molecule has 0 spiro atoms. The van der Waals surface area contributed by atoms with Gasteiger partial charge in [0.05, 0.1) is 4.99 Å². The number of pyridine rings is 1. The summed E-state index contributed by atoms with van der Waals surface area (Å²) in [6.45, 7) is 0.337. The molecule has 0 aliphatic heterocycles. The molecular formula is C18H18N2O3S. The third-order valence-electron chi connectivity index (χ3n) is 3.09. The maximum atomic E-state index is 10.5. The van der Waals surface area contributed by atoms with E-state index < -0.39 is 5.97 Å². The third-order valence-corrected chi connectivity index (χ3v) is 3.37. The van der Waals surface area contributed by atoms with Gasteiger partial charge >= 0.3 is 5.97 Å². The zero-order valence-electron chi connectivity index (χ0n) is 13.0. The fraction of sp³-hybridized carbons (Fsp3) is 0.167. The predicted molar refractivity (Wildman–Crippen MR) is 97.1 cm³/mol. The first kappa shape index (κ1) is 17.6. The quantitative estimate of drug-likeness (QED) is 0.568. The molecule has 0 aliphatic rings. The minimum atomic E-state index is -0.993. The monoisotopic (exact) mass is 342 g/mol. The molecule has 1 aromatic carbocycles. The van der Waals surface area contributed by atoms with Crippen molar-refractivity contribution in [3.05, 3.63) is 66.0 Å². The molecule has 2 N–H and O–H groups in total. The molecule has 0 saturated heterocycles. The lowest BCUT2D eigenvalue weighted by molar-refractivity contribution is -0.139. The van der Waals surface area contributed by atoms with E-state index in [1.807, 2.05) is 42.5 Å². The number of carboxylic acids is 1. The molecule has 0 saturated carbocycles. The number of benzene rings is 1. The fourth-order valence-corrected chi connectivity index (χ4v) is 2.14. The van der Waals surface area contributed by atoms with Gasteiger partial charge in [-0.3, -0.25) is 4.98 Å². The van der Waals surface area contributed by atoms with E-state index in [1.54, 1.807) is 18.5 Å². The Kier molecular flexibility index (Phi) is 6.91. The van der Waals surface area contributed by atoms with Crippen LogP contribution in [0, 0.1) is 0 Å². The van der Waals surface area contributed by atoms with Gasteiger partial charge in [0.1, 0.15) is 5.75 Å². The van der Waals surface area contributed by atoms with Crippen LogP contribution in [0.5, 0.6) is 5.75 Å². The largest absolute Gasteiger partial charge is 0.482 e. The zero-order chi connectivity index (χ0) is 17.2. The maximum Gasteiger partial charge on any atom is 0.341 e. The summed E-state index contributed by atoms with van der Waals surface area (Å²) in [5.74, 6) is -0.443. The molecule has 0 aliphatic carbocycles. The first-order chi connectivity index (χ1) is 11.6. The minimum absolute atomic E-state index is 0.342. The van der Waals surface area contributed by atoms with Crippen molar-refractivity contribution in [2.24, 2.45) is 0 Å². The molecular weight excluding hydrogens is 324 g/mol. The van der Waals surface area contributed by atoms with Crippen molar-refractivity contribution in [2.75, 3.05) is 13.2 Å². The first-order valence-corrected chi connectivity index (χ1v) is 7.84.